The van der Waals surface area contributed by atoms with Crippen LogP contribution < -0.4 is 4.74 Å². The number of aromatic nitrogens is 2. The number of ether oxygens (including phenoxy) is 2. The first-order valence-electron chi connectivity index (χ1n) is 10.8. The number of fused-ring (bicyclic) bond motifs is 1. The average Bonchev–Trinajstić information content (AvgIpc) is 3.25. The number of hydrogen-bond acceptors (Lipinski definition) is 7. The van der Waals surface area contributed by atoms with E-state index in [0.717, 1.165) is 16.8 Å². The van der Waals surface area contributed by atoms with Gasteiger partial charge in [0.05, 0.1) is 29.9 Å². The van der Waals surface area contributed by atoms with E-state index in [9.17, 15) is 18.8 Å². The normalized spacial score (nSPS) is 14.7. The largest absolute Gasteiger partial charge is 0.506 e. The molecular formula is C25H21N3O5S. The summed E-state index contributed by atoms with van der Waals surface area (Å²) in [6.45, 7) is 1.24. The van der Waals surface area contributed by atoms with Crippen molar-refractivity contribution >= 4 is 21.1 Å². The van der Waals surface area contributed by atoms with E-state index in [0.29, 0.717) is 41.0 Å². The van der Waals surface area contributed by atoms with Gasteiger partial charge in [-0.3, -0.25) is 0 Å². The number of rotatable bonds is 5. The molecule has 0 aliphatic carbocycles. The van der Waals surface area contributed by atoms with E-state index in [-0.39, 0.29) is 22.4 Å². The molecule has 0 amide bonds. The monoisotopic (exact) mass is 475 g/mol. The molecule has 2 aromatic carbocycles. The second-order valence-electron chi connectivity index (χ2n) is 7.97. The first-order valence-corrected chi connectivity index (χ1v) is 12.2. The van der Waals surface area contributed by atoms with Crippen molar-refractivity contribution in [1.29, 1.82) is 5.26 Å². The smallest absolute Gasteiger partial charge is 0.269 e. The highest BCUT2D eigenvalue weighted by Gasteiger charge is 2.24. The first-order chi connectivity index (χ1) is 16.5. The van der Waals surface area contributed by atoms with Crippen LogP contribution in [0.25, 0.3) is 22.2 Å². The van der Waals surface area contributed by atoms with E-state index in [1.165, 1.54) is 30.6 Å². The van der Waals surface area contributed by atoms with Gasteiger partial charge in [-0.25, -0.2) is 17.4 Å². The summed E-state index contributed by atoms with van der Waals surface area (Å²) in [5, 5.41) is 20.3. The van der Waals surface area contributed by atoms with E-state index >= 15 is 0 Å². The van der Waals surface area contributed by atoms with Gasteiger partial charge in [-0.1, -0.05) is 24.3 Å². The molecule has 172 valence electrons. The molecule has 1 N–H and O–H groups in total. The predicted octanol–water partition coefficient (Wildman–Crippen LogP) is 4.08. The molecule has 1 saturated heterocycles. The van der Waals surface area contributed by atoms with Crippen molar-refractivity contribution in [2.75, 3.05) is 13.2 Å². The molecular weight excluding hydrogens is 454 g/mol. The lowest BCUT2D eigenvalue weighted by atomic mass is 10.0. The van der Waals surface area contributed by atoms with Crippen LogP contribution in [0.15, 0.2) is 71.9 Å². The van der Waals surface area contributed by atoms with Gasteiger partial charge in [-0.15, -0.1) is 0 Å². The highest BCUT2D eigenvalue weighted by atomic mass is 32.2. The van der Waals surface area contributed by atoms with Crippen LogP contribution in [-0.4, -0.2) is 41.8 Å². The lowest BCUT2D eigenvalue weighted by molar-refractivity contribution is 0.0254. The zero-order valence-corrected chi connectivity index (χ0v) is 18.9. The Morgan fingerprint density at radius 3 is 2.62 bits per heavy atom. The lowest BCUT2D eigenvalue weighted by Crippen LogP contribution is -2.26. The lowest BCUT2D eigenvalue weighted by Gasteiger charge is -2.23. The molecule has 0 atom stereocenters. The average molecular weight is 476 g/mol. The SMILES string of the molecule is N#Cc1cc(-c2cn(S(=O)(=O)c3ccccc3)c3ncc(O)cc23)ccc1OC1CCOCC1. The van der Waals surface area contributed by atoms with Crippen LogP contribution in [0.4, 0.5) is 0 Å². The van der Waals surface area contributed by atoms with Crippen molar-refractivity contribution in [1.82, 2.24) is 8.96 Å². The molecule has 9 heteroatoms. The van der Waals surface area contributed by atoms with Crippen LogP contribution in [-0.2, 0) is 14.8 Å². The van der Waals surface area contributed by atoms with Crippen LogP contribution in [0.2, 0.25) is 0 Å². The Labute approximate surface area is 196 Å². The van der Waals surface area contributed by atoms with Crippen LogP contribution in [0.1, 0.15) is 18.4 Å². The fourth-order valence-corrected chi connectivity index (χ4v) is 5.39. The van der Waals surface area contributed by atoms with Crippen molar-refractivity contribution in [3.8, 4) is 28.7 Å². The Kier molecular flexibility index (Phi) is 5.69. The molecule has 34 heavy (non-hydrogen) atoms. The Hall–Kier alpha value is -3.87. The fourth-order valence-electron chi connectivity index (χ4n) is 4.05. The van der Waals surface area contributed by atoms with Crippen LogP contribution >= 0.6 is 0 Å². The van der Waals surface area contributed by atoms with Gasteiger partial charge < -0.3 is 14.6 Å². The van der Waals surface area contributed by atoms with Gasteiger partial charge in [0.15, 0.2) is 5.65 Å². The molecule has 8 nitrogen and oxygen atoms in total. The number of pyridine rings is 1. The number of nitrogens with zero attached hydrogens (tertiary/aromatic N) is 3. The third-order valence-corrected chi connectivity index (χ3v) is 7.43. The highest BCUT2D eigenvalue weighted by molar-refractivity contribution is 7.90. The Morgan fingerprint density at radius 1 is 1.12 bits per heavy atom. The van der Waals surface area contributed by atoms with Crippen molar-refractivity contribution in [3.63, 3.8) is 0 Å². The van der Waals surface area contributed by atoms with Crippen LogP contribution in [0, 0.1) is 11.3 Å². The van der Waals surface area contributed by atoms with Gasteiger partial charge in [0.2, 0.25) is 0 Å². The number of nitriles is 1. The maximum absolute atomic E-state index is 13.4. The Bertz CT molecular complexity index is 1500. The molecule has 0 bridgehead atoms. The van der Waals surface area contributed by atoms with Gasteiger partial charge in [-0.05, 0) is 35.9 Å². The molecule has 0 spiro atoms. The summed E-state index contributed by atoms with van der Waals surface area (Å²) >= 11 is 0. The minimum atomic E-state index is -3.94. The predicted molar refractivity (Wildman–Crippen MR) is 125 cm³/mol. The standard InChI is InChI=1S/C25H21N3O5S/c26-14-18-12-17(6-7-24(18)33-20-8-10-32-11-9-20)23-16-28(25-22(23)13-19(29)15-27-25)34(30,31)21-4-2-1-3-5-21/h1-7,12-13,15-16,20,29H,8-11H2. The number of benzene rings is 2. The van der Waals surface area contributed by atoms with Crippen molar-refractivity contribution in [3.05, 3.63) is 72.6 Å². The van der Waals surface area contributed by atoms with Crippen molar-refractivity contribution in [2.24, 2.45) is 0 Å². The summed E-state index contributed by atoms with van der Waals surface area (Å²) in [5.41, 5.74) is 1.64. The van der Waals surface area contributed by atoms with Gasteiger partial charge in [0.25, 0.3) is 10.0 Å². The number of aromatic hydroxyl groups is 1. The quantitative estimate of drug-likeness (QED) is 0.463. The molecule has 2 aromatic heterocycles. The van der Waals surface area contributed by atoms with Gasteiger partial charge >= 0.3 is 0 Å². The van der Waals surface area contributed by atoms with Crippen LogP contribution in [0.5, 0.6) is 11.5 Å². The minimum absolute atomic E-state index is 0.0224. The highest BCUT2D eigenvalue weighted by Crippen LogP contribution is 2.36. The van der Waals surface area contributed by atoms with Crippen molar-refractivity contribution < 1.29 is 23.0 Å². The summed E-state index contributed by atoms with van der Waals surface area (Å²) in [4.78, 5) is 4.31. The molecule has 3 heterocycles. The maximum atomic E-state index is 13.4. The van der Waals surface area contributed by atoms with Gasteiger partial charge in [0, 0.05) is 30.0 Å². The minimum Gasteiger partial charge on any atom is -0.506 e. The zero-order valence-electron chi connectivity index (χ0n) is 18.1. The third kappa shape index (κ3) is 3.98. The third-order valence-electron chi connectivity index (χ3n) is 5.77. The van der Waals surface area contributed by atoms with E-state index in [4.69, 9.17) is 9.47 Å². The molecule has 1 aliphatic rings. The second-order valence-corrected chi connectivity index (χ2v) is 9.79. The molecule has 1 fully saturated rings. The van der Waals surface area contributed by atoms with E-state index in [1.807, 2.05) is 0 Å². The van der Waals surface area contributed by atoms with E-state index in [2.05, 4.69) is 11.1 Å². The maximum Gasteiger partial charge on any atom is 0.269 e. The topological polar surface area (TPSA) is 114 Å². The molecule has 0 unspecified atom stereocenters. The second kappa shape index (κ2) is 8.82. The first kappa shape index (κ1) is 21.9. The summed E-state index contributed by atoms with van der Waals surface area (Å²) in [6, 6.07) is 16.8. The van der Waals surface area contributed by atoms with Gasteiger partial charge in [-0.2, -0.15) is 5.26 Å². The van der Waals surface area contributed by atoms with E-state index < -0.39 is 10.0 Å². The molecule has 0 saturated carbocycles. The van der Waals surface area contributed by atoms with Crippen molar-refractivity contribution in [2.45, 2.75) is 23.8 Å². The Balaban J connectivity index is 1.62. The molecule has 4 aromatic rings. The fraction of sp³-hybridized carbons (Fsp3) is 0.200. The summed E-state index contributed by atoms with van der Waals surface area (Å²) in [5.74, 6) is 0.378. The molecule has 1 aliphatic heterocycles. The van der Waals surface area contributed by atoms with Gasteiger partial charge in [0.1, 0.15) is 23.7 Å². The van der Waals surface area contributed by atoms with E-state index in [1.54, 1.807) is 36.4 Å². The van der Waals surface area contributed by atoms with Crippen LogP contribution in [0.3, 0.4) is 0 Å². The molecule has 0 radical (unpaired) electrons. The summed E-state index contributed by atoms with van der Waals surface area (Å²) in [6.07, 6.45) is 4.15. The molecule has 5 rings (SSSR count). The number of hydrogen-bond donors (Lipinski definition) is 1. The summed E-state index contributed by atoms with van der Waals surface area (Å²) in [7, 11) is -3.94. The Morgan fingerprint density at radius 2 is 1.88 bits per heavy atom. The zero-order chi connectivity index (χ0) is 23.7. The summed E-state index contributed by atoms with van der Waals surface area (Å²) < 4.78 is 39.2.